The normalized spacial score (nSPS) is 20.8. The van der Waals surface area contributed by atoms with E-state index in [0.717, 1.165) is 0 Å². The molecule has 23 heavy (non-hydrogen) atoms. The lowest BCUT2D eigenvalue weighted by Gasteiger charge is -2.15. The van der Waals surface area contributed by atoms with E-state index in [1.165, 1.54) is 12.4 Å². The van der Waals surface area contributed by atoms with Crippen LogP contribution < -0.4 is 9.64 Å². The van der Waals surface area contributed by atoms with Crippen molar-refractivity contribution in [3.05, 3.63) is 46.2 Å². The fourth-order valence-electron chi connectivity index (χ4n) is 2.31. The topological polar surface area (TPSA) is 78.7 Å². The van der Waals surface area contributed by atoms with Crippen molar-refractivity contribution in [2.75, 3.05) is 18.0 Å². The van der Waals surface area contributed by atoms with Crippen molar-refractivity contribution < 1.29 is 14.9 Å². The van der Waals surface area contributed by atoms with Gasteiger partial charge in [-0.05, 0) is 12.1 Å². The Morgan fingerprint density at radius 3 is 2.22 bits per heavy atom. The molecule has 122 valence electrons. The Morgan fingerprint density at radius 1 is 1.09 bits per heavy atom. The van der Waals surface area contributed by atoms with Gasteiger partial charge in [-0.25, -0.2) is 9.97 Å². The van der Waals surface area contributed by atoms with Crippen molar-refractivity contribution in [3.8, 4) is 5.75 Å². The van der Waals surface area contributed by atoms with Gasteiger partial charge in [0.1, 0.15) is 6.61 Å². The van der Waals surface area contributed by atoms with Crippen molar-refractivity contribution in [2.45, 2.75) is 18.8 Å². The van der Waals surface area contributed by atoms with Gasteiger partial charge in [-0.3, -0.25) is 0 Å². The Morgan fingerprint density at radius 2 is 1.65 bits per heavy atom. The molecule has 8 heteroatoms. The molecule has 1 aromatic carbocycles. The van der Waals surface area contributed by atoms with Crippen molar-refractivity contribution in [1.29, 1.82) is 0 Å². The van der Waals surface area contributed by atoms with Crippen LogP contribution in [0.25, 0.3) is 0 Å². The summed E-state index contributed by atoms with van der Waals surface area (Å²) in [6, 6.07) is 5.26. The Bertz CT molecular complexity index is 654. The lowest BCUT2D eigenvalue weighted by molar-refractivity contribution is 0.0572. The molecule has 6 nitrogen and oxygen atoms in total. The van der Waals surface area contributed by atoms with Crippen LogP contribution in [-0.2, 0) is 6.61 Å². The number of nitrogens with zero attached hydrogens (tertiary/aromatic N) is 3. The van der Waals surface area contributed by atoms with Gasteiger partial charge < -0.3 is 19.8 Å². The second-order valence-electron chi connectivity index (χ2n) is 5.25. The maximum Gasteiger partial charge on any atom is 0.225 e. The summed E-state index contributed by atoms with van der Waals surface area (Å²) < 4.78 is 5.60. The molecule has 0 bridgehead atoms. The number of ether oxygens (including phenoxy) is 1. The van der Waals surface area contributed by atoms with E-state index in [1.54, 1.807) is 23.1 Å². The first-order valence-corrected chi connectivity index (χ1v) is 7.79. The number of halogens is 2. The van der Waals surface area contributed by atoms with Crippen LogP contribution in [0.3, 0.4) is 0 Å². The molecule has 0 saturated carbocycles. The number of aromatic nitrogens is 2. The second-order valence-corrected chi connectivity index (χ2v) is 6.06. The average Bonchev–Trinajstić information content (AvgIpc) is 2.87. The van der Waals surface area contributed by atoms with Crippen molar-refractivity contribution in [3.63, 3.8) is 0 Å². The van der Waals surface area contributed by atoms with Gasteiger partial charge in [0.25, 0.3) is 0 Å². The molecular weight excluding hydrogens is 341 g/mol. The highest BCUT2D eigenvalue weighted by atomic mass is 35.5. The highest BCUT2D eigenvalue weighted by Gasteiger charge is 2.30. The van der Waals surface area contributed by atoms with Gasteiger partial charge in [0, 0.05) is 28.7 Å². The van der Waals surface area contributed by atoms with E-state index >= 15 is 0 Å². The summed E-state index contributed by atoms with van der Waals surface area (Å²) in [6.45, 7) is 0.815. The largest absolute Gasteiger partial charge is 0.486 e. The maximum absolute atomic E-state index is 9.55. The number of aliphatic hydroxyl groups is 2. The zero-order chi connectivity index (χ0) is 16.4. The molecule has 2 N–H and O–H groups in total. The van der Waals surface area contributed by atoms with Crippen LogP contribution in [-0.4, -0.2) is 45.5 Å². The summed E-state index contributed by atoms with van der Waals surface area (Å²) in [4.78, 5) is 10.1. The van der Waals surface area contributed by atoms with Crippen LogP contribution in [0.1, 0.15) is 5.56 Å². The van der Waals surface area contributed by atoms with Crippen LogP contribution in [0.5, 0.6) is 5.75 Å². The van der Waals surface area contributed by atoms with Crippen molar-refractivity contribution in [2.24, 2.45) is 0 Å². The number of anilines is 1. The number of aliphatic hydroxyl groups excluding tert-OH is 2. The molecule has 0 unspecified atom stereocenters. The minimum atomic E-state index is -0.781. The SMILES string of the molecule is O[C@@H]1CN(c2ncc(OCc3c(Cl)cccc3Cl)cn2)C[C@@H]1O. The average molecular weight is 356 g/mol. The summed E-state index contributed by atoms with van der Waals surface area (Å²) in [6.07, 6.45) is 1.50. The highest BCUT2D eigenvalue weighted by Crippen LogP contribution is 2.26. The number of benzene rings is 1. The Kier molecular flexibility index (Phi) is 4.87. The number of β-amino-alcohol motifs (C(OH)–C–C–N with tert-alkyl or cyclic N) is 2. The molecule has 1 aromatic heterocycles. The number of hydrogen-bond acceptors (Lipinski definition) is 6. The van der Waals surface area contributed by atoms with Gasteiger partial charge in [0.05, 0.1) is 24.6 Å². The molecule has 1 aliphatic rings. The zero-order valence-corrected chi connectivity index (χ0v) is 13.6. The third-order valence-electron chi connectivity index (χ3n) is 3.60. The van der Waals surface area contributed by atoms with Gasteiger partial charge in [0.2, 0.25) is 5.95 Å². The smallest absolute Gasteiger partial charge is 0.225 e. The van der Waals surface area contributed by atoms with E-state index in [4.69, 9.17) is 27.9 Å². The second kappa shape index (κ2) is 6.88. The molecule has 1 aliphatic heterocycles. The number of rotatable bonds is 4. The molecule has 3 rings (SSSR count). The van der Waals surface area contributed by atoms with E-state index in [-0.39, 0.29) is 6.61 Å². The van der Waals surface area contributed by atoms with Gasteiger partial charge in [-0.1, -0.05) is 29.3 Å². The first-order chi connectivity index (χ1) is 11.0. The Labute approximate surface area is 143 Å². The fourth-order valence-corrected chi connectivity index (χ4v) is 2.81. The highest BCUT2D eigenvalue weighted by molar-refractivity contribution is 6.35. The zero-order valence-electron chi connectivity index (χ0n) is 12.1. The monoisotopic (exact) mass is 355 g/mol. The molecular formula is C15H15Cl2N3O3. The predicted molar refractivity (Wildman–Crippen MR) is 87.1 cm³/mol. The molecule has 2 atom stereocenters. The van der Waals surface area contributed by atoms with E-state index in [1.807, 2.05) is 0 Å². The maximum atomic E-state index is 9.55. The van der Waals surface area contributed by atoms with Crippen LogP contribution in [0.4, 0.5) is 5.95 Å². The van der Waals surface area contributed by atoms with Crippen molar-refractivity contribution >= 4 is 29.2 Å². The molecule has 0 radical (unpaired) electrons. The molecule has 0 aliphatic carbocycles. The first kappa shape index (κ1) is 16.3. The first-order valence-electron chi connectivity index (χ1n) is 7.03. The molecule has 1 saturated heterocycles. The predicted octanol–water partition coefficient (Wildman–Crippen LogP) is 1.90. The minimum absolute atomic E-state index is 0.211. The summed E-state index contributed by atoms with van der Waals surface area (Å²) >= 11 is 12.2. The number of hydrogen-bond donors (Lipinski definition) is 2. The standard InChI is InChI=1S/C15H15Cl2N3O3/c16-11-2-1-3-12(17)10(11)8-23-9-4-18-15(19-5-9)20-6-13(21)14(22)7-20/h1-5,13-14,21-22H,6-8H2/t13-,14+. The van der Waals surface area contributed by atoms with Gasteiger partial charge in [-0.2, -0.15) is 0 Å². The third kappa shape index (κ3) is 3.67. The lowest BCUT2D eigenvalue weighted by atomic mass is 10.2. The molecule has 0 amide bonds. The minimum Gasteiger partial charge on any atom is -0.486 e. The Hall–Kier alpha value is -1.60. The summed E-state index contributed by atoms with van der Waals surface area (Å²) in [5, 5.41) is 20.2. The van der Waals surface area contributed by atoms with Crippen LogP contribution in [0.15, 0.2) is 30.6 Å². The van der Waals surface area contributed by atoms with E-state index in [0.29, 0.717) is 40.4 Å². The molecule has 2 aromatic rings. The summed E-state index contributed by atoms with van der Waals surface area (Å²) in [7, 11) is 0. The van der Waals surface area contributed by atoms with Crippen LogP contribution in [0, 0.1) is 0 Å². The lowest BCUT2D eigenvalue weighted by Crippen LogP contribution is -2.23. The van der Waals surface area contributed by atoms with E-state index in [2.05, 4.69) is 9.97 Å². The molecule has 1 fully saturated rings. The quantitative estimate of drug-likeness (QED) is 0.871. The van der Waals surface area contributed by atoms with Gasteiger partial charge >= 0.3 is 0 Å². The summed E-state index contributed by atoms with van der Waals surface area (Å²) in [5.41, 5.74) is 0.700. The van der Waals surface area contributed by atoms with Crippen LogP contribution in [0.2, 0.25) is 10.0 Å². The van der Waals surface area contributed by atoms with Gasteiger partial charge in [0.15, 0.2) is 5.75 Å². The van der Waals surface area contributed by atoms with E-state index in [9.17, 15) is 10.2 Å². The fraction of sp³-hybridized carbons (Fsp3) is 0.333. The third-order valence-corrected chi connectivity index (χ3v) is 4.31. The summed E-state index contributed by atoms with van der Waals surface area (Å²) in [5.74, 6) is 0.911. The molecule has 0 spiro atoms. The Balaban J connectivity index is 1.64. The van der Waals surface area contributed by atoms with Crippen molar-refractivity contribution in [1.82, 2.24) is 9.97 Å². The van der Waals surface area contributed by atoms with E-state index < -0.39 is 12.2 Å². The molecule has 2 heterocycles. The van der Waals surface area contributed by atoms with Crippen LogP contribution >= 0.6 is 23.2 Å². The van der Waals surface area contributed by atoms with Gasteiger partial charge in [-0.15, -0.1) is 0 Å².